The molecule has 2 aromatic rings. The van der Waals surface area contributed by atoms with Crippen LogP contribution in [-0.4, -0.2) is 33.0 Å². The molecular weight excluding hydrogens is 366 g/mol. The van der Waals surface area contributed by atoms with Crippen LogP contribution in [0.5, 0.6) is 0 Å². The summed E-state index contributed by atoms with van der Waals surface area (Å²) in [6, 6.07) is 10.4. The van der Waals surface area contributed by atoms with E-state index >= 15 is 0 Å². The molecule has 2 aromatic carbocycles. The number of carbonyl (C=O) groups is 1. The fourth-order valence-electron chi connectivity index (χ4n) is 2.00. The van der Waals surface area contributed by atoms with Gasteiger partial charge in [0.05, 0.1) is 15.5 Å². The van der Waals surface area contributed by atoms with Crippen LogP contribution in [0.2, 0.25) is 0 Å². The van der Waals surface area contributed by atoms with Crippen LogP contribution in [0.25, 0.3) is 0 Å². The molecule has 0 radical (unpaired) electrons. The molecule has 0 atom stereocenters. The zero-order valence-corrected chi connectivity index (χ0v) is 14.5. The second kappa shape index (κ2) is 7.18. The van der Waals surface area contributed by atoms with E-state index in [0.29, 0.717) is 0 Å². The minimum atomic E-state index is -4.38. The zero-order valence-electron chi connectivity index (χ0n) is 12.9. The van der Waals surface area contributed by atoms with Gasteiger partial charge in [-0.1, -0.05) is 12.1 Å². The lowest BCUT2D eigenvalue weighted by molar-refractivity contribution is 0.102. The highest BCUT2D eigenvalue weighted by Gasteiger charge is 2.14. The van der Waals surface area contributed by atoms with E-state index in [4.69, 9.17) is 4.55 Å². The fraction of sp³-hybridized carbons (Fsp3) is 0.0625. The van der Waals surface area contributed by atoms with E-state index in [1.165, 1.54) is 48.5 Å². The number of hydrogen-bond acceptors (Lipinski definition) is 5. The van der Waals surface area contributed by atoms with Crippen molar-refractivity contribution in [2.45, 2.75) is 9.79 Å². The van der Waals surface area contributed by atoms with Gasteiger partial charge in [-0.25, -0.2) is 8.42 Å². The first kappa shape index (κ1) is 18.8. The standard InChI is InChI=1S/C16H15NO6S2/c1-2-10-24(19,20)14-8-6-12(7-9-14)16(18)17-13-4-3-5-15(11-13)25(21,22)23/h2-9,11H,1,10H2,(H,17,18)(H,21,22,23). The maximum atomic E-state index is 12.2. The van der Waals surface area contributed by atoms with E-state index in [0.717, 1.165) is 6.07 Å². The summed E-state index contributed by atoms with van der Waals surface area (Å²) >= 11 is 0. The zero-order chi connectivity index (χ0) is 18.7. The Kier molecular flexibility index (Phi) is 5.41. The highest BCUT2D eigenvalue weighted by molar-refractivity contribution is 7.91. The third-order valence-corrected chi connectivity index (χ3v) is 5.72. The SMILES string of the molecule is C=CCS(=O)(=O)c1ccc(C(=O)Nc2cccc(S(=O)(=O)O)c2)cc1. The molecule has 7 nitrogen and oxygen atoms in total. The summed E-state index contributed by atoms with van der Waals surface area (Å²) in [6.07, 6.45) is 1.28. The van der Waals surface area contributed by atoms with Crippen LogP contribution in [0.4, 0.5) is 5.69 Å². The van der Waals surface area contributed by atoms with Gasteiger partial charge in [-0.05, 0) is 42.5 Å². The molecule has 1 amide bonds. The average Bonchev–Trinajstić information content (AvgIpc) is 2.54. The molecule has 0 saturated carbocycles. The molecular formula is C16H15NO6S2. The van der Waals surface area contributed by atoms with E-state index in [1.54, 1.807) is 0 Å². The Balaban J connectivity index is 2.21. The lowest BCUT2D eigenvalue weighted by Gasteiger charge is -2.07. The van der Waals surface area contributed by atoms with Gasteiger partial charge in [-0.3, -0.25) is 9.35 Å². The Labute approximate surface area is 145 Å². The quantitative estimate of drug-likeness (QED) is 0.585. The van der Waals surface area contributed by atoms with Crippen molar-refractivity contribution in [3.63, 3.8) is 0 Å². The molecule has 0 heterocycles. The molecule has 0 aliphatic heterocycles. The van der Waals surface area contributed by atoms with Crippen molar-refractivity contribution >= 4 is 31.5 Å². The Bertz CT molecular complexity index is 1010. The lowest BCUT2D eigenvalue weighted by atomic mass is 10.2. The van der Waals surface area contributed by atoms with Gasteiger partial charge in [0.1, 0.15) is 0 Å². The molecule has 2 rings (SSSR count). The second-order valence-electron chi connectivity index (χ2n) is 5.05. The Morgan fingerprint density at radius 1 is 1.04 bits per heavy atom. The van der Waals surface area contributed by atoms with Crippen LogP contribution in [0.1, 0.15) is 10.4 Å². The van der Waals surface area contributed by atoms with Gasteiger partial charge in [0.15, 0.2) is 9.84 Å². The van der Waals surface area contributed by atoms with E-state index in [-0.39, 0.29) is 26.8 Å². The second-order valence-corrected chi connectivity index (χ2v) is 8.51. The number of nitrogens with one attached hydrogen (secondary N) is 1. The average molecular weight is 381 g/mol. The van der Waals surface area contributed by atoms with Crippen molar-refractivity contribution < 1.29 is 26.2 Å². The molecule has 0 aliphatic rings. The minimum absolute atomic E-state index is 0.0670. The van der Waals surface area contributed by atoms with Crippen molar-refractivity contribution in [2.75, 3.05) is 11.1 Å². The molecule has 0 spiro atoms. The maximum absolute atomic E-state index is 12.2. The number of amides is 1. The van der Waals surface area contributed by atoms with E-state index < -0.39 is 25.9 Å². The molecule has 0 fully saturated rings. The number of anilines is 1. The van der Waals surface area contributed by atoms with Crippen molar-refractivity contribution in [2.24, 2.45) is 0 Å². The summed E-state index contributed by atoms with van der Waals surface area (Å²) in [4.78, 5) is 11.9. The van der Waals surface area contributed by atoms with Crippen LogP contribution in [0.3, 0.4) is 0 Å². The lowest BCUT2D eigenvalue weighted by Crippen LogP contribution is -2.13. The van der Waals surface area contributed by atoms with E-state index in [9.17, 15) is 21.6 Å². The molecule has 0 saturated heterocycles. The minimum Gasteiger partial charge on any atom is -0.322 e. The van der Waals surface area contributed by atoms with Gasteiger partial charge in [0, 0.05) is 11.3 Å². The normalized spacial score (nSPS) is 11.7. The number of sulfone groups is 1. The molecule has 0 aliphatic carbocycles. The van der Waals surface area contributed by atoms with Crippen LogP contribution < -0.4 is 5.32 Å². The Morgan fingerprint density at radius 3 is 2.24 bits per heavy atom. The summed E-state index contributed by atoms with van der Waals surface area (Å²) in [5, 5.41) is 2.47. The van der Waals surface area contributed by atoms with Crippen LogP contribution in [0.15, 0.2) is 71.0 Å². The maximum Gasteiger partial charge on any atom is 0.294 e. The molecule has 2 N–H and O–H groups in total. The molecule has 132 valence electrons. The summed E-state index contributed by atoms with van der Waals surface area (Å²) in [7, 11) is -7.86. The highest BCUT2D eigenvalue weighted by Crippen LogP contribution is 2.17. The van der Waals surface area contributed by atoms with Gasteiger partial charge in [0.25, 0.3) is 16.0 Å². The number of hydrogen-bond donors (Lipinski definition) is 2. The topological polar surface area (TPSA) is 118 Å². The Hall–Kier alpha value is -2.49. The van der Waals surface area contributed by atoms with Crippen molar-refractivity contribution in [3.05, 3.63) is 66.7 Å². The summed E-state index contributed by atoms with van der Waals surface area (Å²) < 4.78 is 55.0. The fourth-order valence-corrected chi connectivity index (χ4v) is 3.58. The smallest absolute Gasteiger partial charge is 0.294 e. The number of rotatable bonds is 6. The third-order valence-electron chi connectivity index (χ3n) is 3.20. The van der Waals surface area contributed by atoms with Gasteiger partial charge < -0.3 is 5.32 Å². The molecule has 0 aromatic heterocycles. The monoisotopic (exact) mass is 381 g/mol. The third kappa shape index (κ3) is 4.75. The van der Waals surface area contributed by atoms with Gasteiger partial charge in [-0.15, -0.1) is 6.58 Å². The van der Waals surface area contributed by atoms with Gasteiger partial charge >= 0.3 is 0 Å². The molecule has 9 heteroatoms. The number of carbonyl (C=O) groups excluding carboxylic acids is 1. The van der Waals surface area contributed by atoms with Gasteiger partial charge in [0.2, 0.25) is 0 Å². The predicted octanol–water partition coefficient (Wildman–Crippen LogP) is 2.15. The highest BCUT2D eigenvalue weighted by atomic mass is 32.2. The summed E-state index contributed by atoms with van der Waals surface area (Å²) in [5.41, 5.74) is 0.360. The van der Waals surface area contributed by atoms with Crippen molar-refractivity contribution in [1.82, 2.24) is 0 Å². The van der Waals surface area contributed by atoms with Crippen molar-refractivity contribution in [1.29, 1.82) is 0 Å². The first-order valence-electron chi connectivity index (χ1n) is 6.96. The van der Waals surface area contributed by atoms with E-state index in [2.05, 4.69) is 11.9 Å². The number of benzene rings is 2. The predicted molar refractivity (Wildman–Crippen MR) is 92.9 cm³/mol. The molecule has 0 bridgehead atoms. The summed E-state index contributed by atoms with van der Waals surface area (Å²) in [5.74, 6) is -0.763. The van der Waals surface area contributed by atoms with Crippen LogP contribution in [-0.2, 0) is 20.0 Å². The first-order chi connectivity index (χ1) is 11.6. The van der Waals surface area contributed by atoms with E-state index in [1.807, 2.05) is 0 Å². The summed E-state index contributed by atoms with van der Waals surface area (Å²) in [6.45, 7) is 3.38. The Morgan fingerprint density at radius 2 is 1.68 bits per heavy atom. The van der Waals surface area contributed by atoms with Crippen LogP contribution in [0, 0.1) is 0 Å². The van der Waals surface area contributed by atoms with Crippen molar-refractivity contribution in [3.8, 4) is 0 Å². The largest absolute Gasteiger partial charge is 0.322 e. The van der Waals surface area contributed by atoms with Crippen LogP contribution >= 0.6 is 0 Å². The molecule has 25 heavy (non-hydrogen) atoms. The first-order valence-corrected chi connectivity index (χ1v) is 10.1. The molecule has 0 unspecified atom stereocenters. The van der Waals surface area contributed by atoms with Gasteiger partial charge in [-0.2, -0.15) is 8.42 Å².